The molecule has 0 saturated heterocycles. The third kappa shape index (κ3) is 3.19. The zero-order valence-corrected chi connectivity index (χ0v) is 13.6. The Morgan fingerprint density at radius 1 is 0.609 bits per heavy atom. The van der Waals surface area contributed by atoms with Gasteiger partial charge in [-0.3, -0.25) is 0 Å². The molecule has 0 aliphatic carbocycles. The predicted molar refractivity (Wildman–Crippen MR) is 95.3 cm³/mol. The molecule has 23 heavy (non-hydrogen) atoms. The van der Waals surface area contributed by atoms with Crippen LogP contribution in [0, 0.1) is 6.92 Å². The maximum absolute atomic E-state index is 9.92. The molecule has 4 heteroatoms. The smallest absolute Gasteiger partial charge is 0.189 e. The van der Waals surface area contributed by atoms with Crippen LogP contribution in [0.2, 0.25) is 0 Å². The first-order valence-corrected chi connectivity index (χ1v) is 8.95. The first-order chi connectivity index (χ1) is 11.0. The molecule has 0 fully saturated rings. The minimum absolute atomic E-state index is 0.174. The summed E-state index contributed by atoms with van der Waals surface area (Å²) in [5, 5.41) is 0.174. The van der Waals surface area contributed by atoms with Gasteiger partial charge in [0.2, 0.25) is 0 Å². The van der Waals surface area contributed by atoms with Gasteiger partial charge in [-0.2, -0.15) is 14.7 Å². The van der Waals surface area contributed by atoms with Crippen molar-refractivity contribution in [3.8, 4) is 22.3 Å². The van der Waals surface area contributed by atoms with Crippen molar-refractivity contribution >= 4 is 13.2 Å². The summed E-state index contributed by atoms with van der Waals surface area (Å²) >= 11 is 0. The van der Waals surface area contributed by atoms with Gasteiger partial charge in [-0.05, 0) is 35.2 Å². The highest BCUT2D eigenvalue weighted by Gasteiger charge is 2.38. The van der Waals surface area contributed by atoms with Gasteiger partial charge in [0.05, 0.1) is 0 Å². The van der Waals surface area contributed by atoms with Crippen LogP contribution in [0.4, 0.5) is 0 Å². The second-order valence-corrected chi connectivity index (χ2v) is 7.07. The second-order valence-electron chi connectivity index (χ2n) is 5.45. The monoisotopic (exact) mass is 325 g/mol. The van der Waals surface area contributed by atoms with E-state index in [9.17, 15) is 14.7 Å². The van der Waals surface area contributed by atoms with Crippen molar-refractivity contribution in [1.29, 1.82) is 0 Å². The van der Waals surface area contributed by atoms with Crippen LogP contribution in [-0.2, 0) is 0 Å². The van der Waals surface area contributed by atoms with E-state index < -0.39 is 7.94 Å². The zero-order valence-electron chi connectivity index (χ0n) is 12.7. The third-order valence-corrected chi connectivity index (χ3v) is 4.86. The average molecular weight is 325 g/mol. The number of hydrogen-bond donors (Lipinski definition) is 3. The maximum Gasteiger partial charge on any atom is 0.441 e. The van der Waals surface area contributed by atoms with E-state index in [4.69, 9.17) is 0 Å². The summed E-state index contributed by atoms with van der Waals surface area (Å²) < 4.78 is 0. The molecule has 116 valence electrons. The molecular formula is C19H18O3P+. The van der Waals surface area contributed by atoms with Gasteiger partial charge in [-0.1, -0.05) is 66.7 Å². The van der Waals surface area contributed by atoms with Gasteiger partial charge < -0.3 is 0 Å². The molecule has 0 aliphatic rings. The van der Waals surface area contributed by atoms with E-state index in [0.717, 1.165) is 22.3 Å². The molecule has 3 nitrogen and oxygen atoms in total. The van der Waals surface area contributed by atoms with Gasteiger partial charge in [0, 0.05) is 5.56 Å². The molecular weight excluding hydrogens is 307 g/mol. The summed E-state index contributed by atoms with van der Waals surface area (Å²) in [4.78, 5) is 29.7. The predicted octanol–water partition coefficient (Wildman–Crippen LogP) is 3.69. The lowest BCUT2D eigenvalue weighted by Gasteiger charge is -2.17. The molecule has 0 atom stereocenters. The van der Waals surface area contributed by atoms with Gasteiger partial charge >= 0.3 is 7.94 Å². The largest absolute Gasteiger partial charge is 0.441 e. The Hall–Kier alpha value is -2.03. The van der Waals surface area contributed by atoms with Crippen LogP contribution in [0.3, 0.4) is 0 Å². The normalized spacial score (nSPS) is 11.5. The molecule has 0 saturated carbocycles. The molecule has 0 aliphatic heterocycles. The molecule has 3 N–H and O–H groups in total. The fourth-order valence-corrected chi connectivity index (χ4v) is 3.64. The SMILES string of the molecule is Cc1ccc([P+](O)(O)O)c(-c2ccccc2)c1-c1ccccc1. The third-order valence-electron chi connectivity index (χ3n) is 3.84. The van der Waals surface area contributed by atoms with Gasteiger partial charge in [-0.15, -0.1) is 0 Å². The van der Waals surface area contributed by atoms with Crippen molar-refractivity contribution in [1.82, 2.24) is 0 Å². The van der Waals surface area contributed by atoms with Gasteiger partial charge in [0.15, 0.2) is 5.30 Å². The lowest BCUT2D eigenvalue weighted by molar-refractivity contribution is 0.347. The van der Waals surface area contributed by atoms with E-state index in [-0.39, 0.29) is 5.30 Å². The molecule has 3 aromatic carbocycles. The molecule has 0 spiro atoms. The fourth-order valence-electron chi connectivity index (χ4n) is 2.82. The standard InChI is InChI=1S/C19H18O3P/c1-14-12-13-17(23(20,21)22)19(16-10-6-3-7-11-16)18(14)15-8-4-2-5-9-15/h2-13,20-22H,1H3/q+1. The van der Waals surface area contributed by atoms with Crippen molar-refractivity contribution in [3.05, 3.63) is 78.4 Å². The molecule has 0 amide bonds. The quantitative estimate of drug-likeness (QED) is 0.644. The summed E-state index contributed by atoms with van der Waals surface area (Å²) in [6.07, 6.45) is 0. The van der Waals surface area contributed by atoms with E-state index in [0.29, 0.717) is 5.56 Å². The van der Waals surface area contributed by atoms with Crippen LogP contribution in [0.15, 0.2) is 72.8 Å². The summed E-state index contributed by atoms with van der Waals surface area (Å²) in [6.45, 7) is 1.98. The number of benzene rings is 3. The van der Waals surface area contributed by atoms with E-state index in [1.54, 1.807) is 6.07 Å². The minimum Gasteiger partial charge on any atom is -0.189 e. The Bertz CT molecular complexity index is 809. The molecule has 0 radical (unpaired) electrons. The van der Waals surface area contributed by atoms with Gasteiger partial charge in [0.25, 0.3) is 0 Å². The summed E-state index contributed by atoms with van der Waals surface area (Å²) in [7, 11) is -4.14. The first kappa shape index (κ1) is 15.9. The van der Waals surface area contributed by atoms with Gasteiger partial charge in [0.1, 0.15) is 0 Å². The topological polar surface area (TPSA) is 60.7 Å². The fraction of sp³-hybridized carbons (Fsp3) is 0.0526. The lowest BCUT2D eigenvalue weighted by Crippen LogP contribution is -2.14. The Morgan fingerprint density at radius 3 is 1.57 bits per heavy atom. The summed E-state index contributed by atoms with van der Waals surface area (Å²) in [6, 6.07) is 22.7. The zero-order chi connectivity index (χ0) is 16.4. The average Bonchev–Trinajstić information content (AvgIpc) is 2.55. The highest BCUT2D eigenvalue weighted by Crippen LogP contribution is 2.48. The molecule has 0 unspecified atom stereocenters. The van der Waals surface area contributed by atoms with Gasteiger partial charge in [-0.25, -0.2) is 0 Å². The van der Waals surface area contributed by atoms with E-state index in [2.05, 4.69) is 0 Å². The maximum atomic E-state index is 9.92. The Kier molecular flexibility index (Phi) is 4.29. The van der Waals surface area contributed by atoms with E-state index in [1.807, 2.05) is 73.7 Å². The first-order valence-electron chi connectivity index (χ1n) is 7.31. The molecule has 3 rings (SSSR count). The van der Waals surface area contributed by atoms with Crippen LogP contribution in [-0.4, -0.2) is 14.7 Å². The van der Waals surface area contributed by atoms with Crippen LogP contribution >= 0.6 is 7.94 Å². The molecule has 0 aromatic heterocycles. The van der Waals surface area contributed by atoms with Crippen LogP contribution in [0.5, 0.6) is 0 Å². The Balaban J connectivity index is 2.39. The van der Waals surface area contributed by atoms with Crippen molar-refractivity contribution in [2.75, 3.05) is 0 Å². The Morgan fingerprint density at radius 2 is 1.09 bits per heavy atom. The van der Waals surface area contributed by atoms with Crippen LogP contribution < -0.4 is 5.30 Å². The molecule has 0 heterocycles. The second kappa shape index (κ2) is 6.23. The van der Waals surface area contributed by atoms with Crippen LogP contribution in [0.1, 0.15) is 5.56 Å². The molecule has 3 aromatic rings. The number of hydrogen-bond acceptors (Lipinski definition) is 3. The van der Waals surface area contributed by atoms with Crippen molar-refractivity contribution < 1.29 is 14.7 Å². The van der Waals surface area contributed by atoms with Crippen molar-refractivity contribution in [3.63, 3.8) is 0 Å². The molecule has 0 bridgehead atoms. The van der Waals surface area contributed by atoms with Crippen LogP contribution in [0.25, 0.3) is 22.3 Å². The highest BCUT2D eigenvalue weighted by atomic mass is 31.2. The van der Waals surface area contributed by atoms with E-state index >= 15 is 0 Å². The number of rotatable bonds is 3. The van der Waals surface area contributed by atoms with E-state index in [1.165, 1.54) is 0 Å². The lowest BCUT2D eigenvalue weighted by atomic mass is 9.91. The minimum atomic E-state index is -4.14. The summed E-state index contributed by atoms with van der Waals surface area (Å²) in [5.74, 6) is 0. The Labute approximate surface area is 136 Å². The van der Waals surface area contributed by atoms with Crippen molar-refractivity contribution in [2.45, 2.75) is 6.92 Å². The van der Waals surface area contributed by atoms with Crippen molar-refractivity contribution in [2.24, 2.45) is 0 Å². The highest BCUT2D eigenvalue weighted by molar-refractivity contribution is 7.67. The number of aryl methyl sites for hydroxylation is 1. The summed E-state index contributed by atoms with van der Waals surface area (Å²) in [5.41, 5.74) is 4.38.